The van der Waals surface area contributed by atoms with Crippen LogP contribution in [0.2, 0.25) is 0 Å². The number of carboxylic acids is 1. The molecule has 1 amide bonds. The monoisotopic (exact) mass is 342 g/mol. The maximum absolute atomic E-state index is 12.6. The van der Waals surface area contributed by atoms with E-state index in [1.807, 2.05) is 35.2 Å². The van der Waals surface area contributed by atoms with Crippen molar-refractivity contribution in [1.82, 2.24) is 10.2 Å². The van der Waals surface area contributed by atoms with Crippen molar-refractivity contribution in [3.8, 4) is 0 Å². The molecule has 0 aromatic heterocycles. The summed E-state index contributed by atoms with van der Waals surface area (Å²) in [5.41, 5.74) is 2.46. The van der Waals surface area contributed by atoms with Crippen molar-refractivity contribution < 1.29 is 14.7 Å². The summed E-state index contributed by atoms with van der Waals surface area (Å²) in [5, 5.41) is 12.5. The number of hydrogen-bond acceptors (Lipinski definition) is 3. The lowest BCUT2D eigenvalue weighted by Gasteiger charge is -2.27. The van der Waals surface area contributed by atoms with Crippen LogP contribution in [0.3, 0.4) is 0 Å². The Morgan fingerprint density at radius 3 is 2.60 bits per heavy atom. The highest BCUT2D eigenvalue weighted by Gasteiger charge is 2.41. The maximum atomic E-state index is 12.6. The summed E-state index contributed by atoms with van der Waals surface area (Å²) < 4.78 is 0. The number of carboxylic acid groups (broad SMARTS) is 1. The van der Waals surface area contributed by atoms with Crippen LogP contribution in [0.1, 0.15) is 44.1 Å². The van der Waals surface area contributed by atoms with Crippen molar-refractivity contribution in [2.45, 2.75) is 57.2 Å². The average molecular weight is 342 g/mol. The van der Waals surface area contributed by atoms with E-state index in [-0.39, 0.29) is 11.9 Å². The number of allylic oxidation sites excluding steroid dienone is 1. The molecule has 5 heteroatoms. The second kappa shape index (κ2) is 8.30. The van der Waals surface area contributed by atoms with Crippen LogP contribution in [0.15, 0.2) is 42.0 Å². The summed E-state index contributed by atoms with van der Waals surface area (Å²) in [7, 11) is 0. The van der Waals surface area contributed by atoms with Crippen LogP contribution in [-0.2, 0) is 16.1 Å². The number of carbonyl (C=O) groups excluding carboxylic acids is 1. The van der Waals surface area contributed by atoms with Crippen molar-refractivity contribution in [3.63, 3.8) is 0 Å². The molecule has 0 spiro atoms. The number of nitrogens with zero attached hydrogens (tertiary/aromatic N) is 1. The smallest absolute Gasteiger partial charge is 0.320 e. The molecule has 1 aliphatic heterocycles. The molecule has 1 aliphatic carbocycles. The van der Waals surface area contributed by atoms with Gasteiger partial charge in [-0.25, -0.2) is 0 Å². The van der Waals surface area contributed by atoms with Crippen LogP contribution in [-0.4, -0.2) is 40.5 Å². The van der Waals surface area contributed by atoms with Crippen molar-refractivity contribution in [3.05, 3.63) is 47.5 Å². The molecule has 2 aliphatic rings. The number of amides is 1. The minimum absolute atomic E-state index is 0.0433. The molecule has 1 aromatic rings. The van der Waals surface area contributed by atoms with E-state index in [0.29, 0.717) is 25.9 Å². The SMILES string of the molecule is O=C(O)C1CCC(C(=O)NCCC2=CCCC2)N1Cc1ccccc1. The van der Waals surface area contributed by atoms with Crippen molar-refractivity contribution >= 4 is 11.9 Å². The van der Waals surface area contributed by atoms with E-state index < -0.39 is 12.0 Å². The largest absolute Gasteiger partial charge is 0.480 e. The van der Waals surface area contributed by atoms with Crippen LogP contribution in [0, 0.1) is 0 Å². The maximum Gasteiger partial charge on any atom is 0.320 e. The zero-order chi connectivity index (χ0) is 17.6. The van der Waals surface area contributed by atoms with E-state index in [9.17, 15) is 14.7 Å². The second-order valence-corrected chi connectivity index (χ2v) is 6.90. The highest BCUT2D eigenvalue weighted by molar-refractivity contribution is 5.84. The highest BCUT2D eigenvalue weighted by atomic mass is 16.4. The molecule has 0 radical (unpaired) electrons. The van der Waals surface area contributed by atoms with Crippen molar-refractivity contribution in [1.29, 1.82) is 0 Å². The molecule has 1 saturated heterocycles. The Balaban J connectivity index is 1.61. The predicted octanol–water partition coefficient (Wildman–Crippen LogP) is 2.72. The number of benzene rings is 1. The first-order chi connectivity index (χ1) is 12.1. The summed E-state index contributed by atoms with van der Waals surface area (Å²) >= 11 is 0. The molecule has 0 saturated carbocycles. The van der Waals surface area contributed by atoms with Crippen molar-refractivity contribution in [2.75, 3.05) is 6.54 Å². The van der Waals surface area contributed by atoms with E-state index in [0.717, 1.165) is 24.8 Å². The van der Waals surface area contributed by atoms with E-state index in [1.165, 1.54) is 12.0 Å². The first-order valence-corrected chi connectivity index (χ1v) is 9.13. The van der Waals surface area contributed by atoms with Gasteiger partial charge in [0.1, 0.15) is 6.04 Å². The van der Waals surface area contributed by atoms with Gasteiger partial charge >= 0.3 is 5.97 Å². The van der Waals surface area contributed by atoms with Crippen LogP contribution < -0.4 is 5.32 Å². The predicted molar refractivity (Wildman–Crippen MR) is 96.0 cm³/mol. The van der Waals surface area contributed by atoms with Gasteiger partial charge < -0.3 is 10.4 Å². The number of rotatable bonds is 7. The molecule has 3 rings (SSSR count). The third-order valence-corrected chi connectivity index (χ3v) is 5.19. The molecule has 1 fully saturated rings. The number of likely N-dealkylation sites (tertiary alicyclic amines) is 1. The van der Waals surface area contributed by atoms with Crippen LogP contribution in [0.5, 0.6) is 0 Å². The normalized spacial score (nSPS) is 23.4. The minimum atomic E-state index is -0.845. The van der Waals surface area contributed by atoms with E-state index in [2.05, 4.69) is 11.4 Å². The van der Waals surface area contributed by atoms with E-state index in [4.69, 9.17) is 0 Å². The molecule has 5 nitrogen and oxygen atoms in total. The lowest BCUT2D eigenvalue weighted by atomic mass is 10.1. The fraction of sp³-hybridized carbons (Fsp3) is 0.500. The first-order valence-electron chi connectivity index (χ1n) is 9.13. The zero-order valence-corrected chi connectivity index (χ0v) is 14.5. The lowest BCUT2D eigenvalue weighted by molar-refractivity contribution is -0.143. The Kier molecular flexibility index (Phi) is 5.87. The average Bonchev–Trinajstić information content (AvgIpc) is 3.25. The Labute approximate surface area is 148 Å². The van der Waals surface area contributed by atoms with Gasteiger partial charge in [-0.1, -0.05) is 42.0 Å². The van der Waals surface area contributed by atoms with Crippen LogP contribution in [0.4, 0.5) is 0 Å². The van der Waals surface area contributed by atoms with Crippen LogP contribution in [0.25, 0.3) is 0 Å². The fourth-order valence-electron chi connectivity index (χ4n) is 3.85. The third-order valence-electron chi connectivity index (χ3n) is 5.19. The molecule has 0 bridgehead atoms. The van der Waals surface area contributed by atoms with Gasteiger partial charge in [-0.3, -0.25) is 14.5 Å². The fourth-order valence-corrected chi connectivity index (χ4v) is 3.85. The number of nitrogens with one attached hydrogen (secondary N) is 1. The Morgan fingerprint density at radius 2 is 1.92 bits per heavy atom. The molecule has 134 valence electrons. The van der Waals surface area contributed by atoms with Crippen molar-refractivity contribution in [2.24, 2.45) is 0 Å². The number of hydrogen-bond donors (Lipinski definition) is 2. The molecule has 25 heavy (non-hydrogen) atoms. The van der Waals surface area contributed by atoms with Gasteiger partial charge in [-0.15, -0.1) is 0 Å². The highest BCUT2D eigenvalue weighted by Crippen LogP contribution is 2.27. The van der Waals surface area contributed by atoms with Gasteiger partial charge in [-0.2, -0.15) is 0 Å². The molecule has 1 heterocycles. The summed E-state index contributed by atoms with van der Waals surface area (Å²) in [6.07, 6.45) is 7.79. The number of aliphatic carboxylic acids is 1. The number of carbonyl (C=O) groups is 2. The molecule has 2 N–H and O–H groups in total. The van der Waals surface area contributed by atoms with E-state index in [1.54, 1.807) is 0 Å². The third kappa shape index (κ3) is 4.48. The van der Waals surface area contributed by atoms with Gasteiger partial charge in [0.05, 0.1) is 6.04 Å². The quantitative estimate of drug-likeness (QED) is 0.748. The zero-order valence-electron chi connectivity index (χ0n) is 14.5. The summed E-state index contributed by atoms with van der Waals surface area (Å²) in [4.78, 5) is 26.0. The first kappa shape index (κ1) is 17.7. The Morgan fingerprint density at radius 1 is 1.16 bits per heavy atom. The van der Waals surface area contributed by atoms with Gasteiger partial charge in [-0.05, 0) is 44.1 Å². The standard InChI is InChI=1S/C20H26N2O3/c23-19(21-13-12-15-6-4-5-7-15)17-10-11-18(20(24)25)22(17)14-16-8-2-1-3-9-16/h1-3,6,8-9,17-18H,4-5,7,10-14H2,(H,21,23)(H,24,25). The molecule has 2 atom stereocenters. The van der Waals surface area contributed by atoms with Gasteiger partial charge in [0.15, 0.2) is 0 Å². The van der Waals surface area contributed by atoms with E-state index >= 15 is 0 Å². The molecular weight excluding hydrogens is 316 g/mol. The second-order valence-electron chi connectivity index (χ2n) is 6.90. The van der Waals surface area contributed by atoms with Gasteiger partial charge in [0.2, 0.25) is 5.91 Å². The van der Waals surface area contributed by atoms with Crippen LogP contribution >= 0.6 is 0 Å². The van der Waals surface area contributed by atoms with Gasteiger partial charge in [0, 0.05) is 13.1 Å². The van der Waals surface area contributed by atoms with Gasteiger partial charge in [0.25, 0.3) is 0 Å². The topological polar surface area (TPSA) is 69.6 Å². The lowest BCUT2D eigenvalue weighted by Crippen LogP contribution is -2.47. The molecular formula is C20H26N2O3. The summed E-state index contributed by atoms with van der Waals surface area (Å²) in [5.74, 6) is -0.888. The molecule has 1 aromatic carbocycles. The minimum Gasteiger partial charge on any atom is -0.480 e. The molecule has 2 unspecified atom stereocenters. The summed E-state index contributed by atoms with van der Waals surface area (Å²) in [6, 6.07) is 8.80. The summed E-state index contributed by atoms with van der Waals surface area (Å²) in [6.45, 7) is 1.12. The Hall–Kier alpha value is -2.14. The Bertz CT molecular complexity index is 642.